The SMILES string of the molecule is Cn1ccc(C(=O)NC[C@H](O)c2ccccc2C(F)(F)F)cc1=O. The zero-order valence-corrected chi connectivity index (χ0v) is 12.7. The van der Waals surface area contributed by atoms with E-state index in [2.05, 4.69) is 5.32 Å². The van der Waals surface area contributed by atoms with Crippen LogP contribution in [-0.2, 0) is 13.2 Å². The van der Waals surface area contributed by atoms with Crippen molar-refractivity contribution in [3.05, 3.63) is 69.6 Å². The highest BCUT2D eigenvalue weighted by molar-refractivity contribution is 5.93. The Kier molecular flexibility index (Phi) is 5.08. The number of alkyl halides is 3. The van der Waals surface area contributed by atoms with Crippen LogP contribution in [0.1, 0.15) is 27.6 Å². The summed E-state index contributed by atoms with van der Waals surface area (Å²) in [6.45, 7) is -0.416. The van der Waals surface area contributed by atoms with Gasteiger partial charge in [0.25, 0.3) is 11.5 Å². The Bertz CT molecular complexity index is 800. The van der Waals surface area contributed by atoms with E-state index in [-0.39, 0.29) is 11.1 Å². The van der Waals surface area contributed by atoms with E-state index in [9.17, 15) is 27.9 Å². The molecule has 0 spiro atoms. The second-order valence-corrected chi connectivity index (χ2v) is 5.18. The van der Waals surface area contributed by atoms with E-state index in [0.29, 0.717) is 0 Å². The standard InChI is InChI=1S/C16H15F3N2O3/c1-21-7-6-10(8-14(21)23)15(24)20-9-13(22)11-4-2-3-5-12(11)16(17,18)19/h2-8,13,22H,9H2,1H3,(H,20,24)/t13-/m0/s1. The normalized spacial score (nSPS) is 12.7. The molecule has 0 saturated heterocycles. The van der Waals surface area contributed by atoms with E-state index in [4.69, 9.17) is 0 Å². The summed E-state index contributed by atoms with van der Waals surface area (Å²) >= 11 is 0. The summed E-state index contributed by atoms with van der Waals surface area (Å²) in [5.41, 5.74) is -1.62. The number of aliphatic hydroxyl groups excluding tert-OH is 1. The molecule has 2 rings (SSSR count). The van der Waals surface area contributed by atoms with Gasteiger partial charge in [-0.3, -0.25) is 9.59 Å². The first-order valence-corrected chi connectivity index (χ1v) is 6.99. The minimum atomic E-state index is -4.60. The molecule has 8 heteroatoms. The van der Waals surface area contributed by atoms with E-state index in [0.717, 1.165) is 18.2 Å². The summed E-state index contributed by atoms with van der Waals surface area (Å²) in [7, 11) is 1.52. The Hall–Kier alpha value is -2.61. The van der Waals surface area contributed by atoms with Crippen molar-refractivity contribution in [1.29, 1.82) is 0 Å². The van der Waals surface area contributed by atoms with Gasteiger partial charge in [-0.05, 0) is 17.7 Å². The summed E-state index contributed by atoms with van der Waals surface area (Å²) in [6.07, 6.45) is -4.74. The van der Waals surface area contributed by atoms with Crippen LogP contribution in [0, 0.1) is 0 Å². The second kappa shape index (κ2) is 6.88. The van der Waals surface area contributed by atoms with Crippen molar-refractivity contribution in [2.45, 2.75) is 12.3 Å². The second-order valence-electron chi connectivity index (χ2n) is 5.18. The maximum atomic E-state index is 12.9. The summed E-state index contributed by atoms with van der Waals surface area (Å²) in [5.74, 6) is -0.656. The number of nitrogens with zero attached hydrogens (tertiary/aromatic N) is 1. The minimum absolute atomic E-state index is 0.0643. The highest BCUT2D eigenvalue weighted by Crippen LogP contribution is 2.34. The van der Waals surface area contributed by atoms with Gasteiger partial charge in [0.2, 0.25) is 0 Å². The lowest BCUT2D eigenvalue weighted by molar-refractivity contribution is -0.139. The third-order valence-corrected chi connectivity index (χ3v) is 3.45. The predicted molar refractivity (Wildman–Crippen MR) is 80.4 cm³/mol. The average Bonchev–Trinajstić information content (AvgIpc) is 2.54. The van der Waals surface area contributed by atoms with Crippen LogP contribution in [0.25, 0.3) is 0 Å². The van der Waals surface area contributed by atoms with Crippen molar-refractivity contribution >= 4 is 5.91 Å². The van der Waals surface area contributed by atoms with E-state index in [1.165, 1.54) is 36.0 Å². The van der Waals surface area contributed by atoms with Gasteiger partial charge in [0.1, 0.15) is 0 Å². The number of rotatable bonds is 4. The lowest BCUT2D eigenvalue weighted by Gasteiger charge is -2.18. The van der Waals surface area contributed by atoms with E-state index < -0.39 is 35.9 Å². The molecule has 2 N–H and O–H groups in total. The third kappa shape index (κ3) is 4.02. The maximum Gasteiger partial charge on any atom is 0.416 e. The van der Waals surface area contributed by atoms with Gasteiger partial charge in [-0.1, -0.05) is 18.2 Å². The van der Waals surface area contributed by atoms with Crippen LogP contribution in [0.4, 0.5) is 13.2 Å². The van der Waals surface area contributed by atoms with Crippen LogP contribution in [0.3, 0.4) is 0 Å². The molecule has 0 fully saturated rings. The quantitative estimate of drug-likeness (QED) is 0.893. The van der Waals surface area contributed by atoms with Gasteiger partial charge in [-0.25, -0.2) is 0 Å². The Labute approximate surface area is 135 Å². The summed E-state index contributed by atoms with van der Waals surface area (Å²) < 4.78 is 40.0. The molecule has 2 aromatic rings. The first kappa shape index (κ1) is 17.7. The van der Waals surface area contributed by atoms with E-state index in [1.54, 1.807) is 0 Å². The van der Waals surface area contributed by atoms with Crippen LogP contribution in [0.5, 0.6) is 0 Å². The lowest BCUT2D eigenvalue weighted by Crippen LogP contribution is -2.30. The van der Waals surface area contributed by atoms with Gasteiger partial charge < -0.3 is 15.0 Å². The average molecular weight is 340 g/mol. The zero-order valence-electron chi connectivity index (χ0n) is 12.7. The monoisotopic (exact) mass is 340 g/mol. The fourth-order valence-electron chi connectivity index (χ4n) is 2.14. The number of aryl methyl sites for hydroxylation is 1. The Morgan fingerprint density at radius 2 is 1.96 bits per heavy atom. The van der Waals surface area contributed by atoms with Crippen molar-refractivity contribution in [1.82, 2.24) is 9.88 Å². The fourth-order valence-corrected chi connectivity index (χ4v) is 2.14. The minimum Gasteiger partial charge on any atom is -0.387 e. The van der Waals surface area contributed by atoms with Crippen LogP contribution in [0.2, 0.25) is 0 Å². The first-order valence-electron chi connectivity index (χ1n) is 6.99. The number of amides is 1. The van der Waals surface area contributed by atoms with Gasteiger partial charge in [0.05, 0.1) is 11.7 Å². The topological polar surface area (TPSA) is 71.3 Å². The molecule has 0 aliphatic heterocycles. The summed E-state index contributed by atoms with van der Waals surface area (Å²) in [4.78, 5) is 23.4. The molecule has 0 saturated carbocycles. The van der Waals surface area contributed by atoms with Gasteiger partial charge in [0, 0.05) is 31.4 Å². The number of carbonyl (C=O) groups is 1. The molecule has 1 heterocycles. The molecule has 0 bridgehead atoms. The summed E-state index contributed by atoms with van der Waals surface area (Å²) in [5, 5.41) is 12.3. The first-order chi connectivity index (χ1) is 11.2. The summed E-state index contributed by atoms with van der Waals surface area (Å²) in [6, 6.07) is 7.10. The van der Waals surface area contributed by atoms with Gasteiger partial charge in [0.15, 0.2) is 0 Å². The predicted octanol–water partition coefficient (Wildman–Crippen LogP) is 1.87. The number of carbonyl (C=O) groups excluding carboxylic acids is 1. The number of hydrogen-bond donors (Lipinski definition) is 2. The molecule has 128 valence electrons. The molecule has 0 unspecified atom stereocenters. The molecule has 0 aliphatic carbocycles. The smallest absolute Gasteiger partial charge is 0.387 e. The molecule has 24 heavy (non-hydrogen) atoms. The van der Waals surface area contributed by atoms with Crippen LogP contribution < -0.4 is 10.9 Å². The van der Waals surface area contributed by atoms with Crippen molar-refractivity contribution in [2.75, 3.05) is 6.54 Å². The van der Waals surface area contributed by atoms with Gasteiger partial charge >= 0.3 is 6.18 Å². The van der Waals surface area contributed by atoms with E-state index >= 15 is 0 Å². The molecule has 0 radical (unpaired) electrons. The fraction of sp³-hybridized carbons (Fsp3) is 0.250. The third-order valence-electron chi connectivity index (χ3n) is 3.45. The highest BCUT2D eigenvalue weighted by atomic mass is 19.4. The number of aliphatic hydroxyl groups is 1. The number of benzene rings is 1. The molecule has 1 aromatic carbocycles. The van der Waals surface area contributed by atoms with Crippen molar-refractivity contribution in [3.63, 3.8) is 0 Å². The Morgan fingerprint density at radius 1 is 1.29 bits per heavy atom. The maximum absolute atomic E-state index is 12.9. The lowest BCUT2D eigenvalue weighted by atomic mass is 10.0. The number of pyridine rings is 1. The molecule has 0 aliphatic rings. The van der Waals surface area contributed by atoms with Gasteiger partial charge in [-0.2, -0.15) is 13.2 Å². The Morgan fingerprint density at radius 3 is 2.58 bits per heavy atom. The number of hydrogen-bond acceptors (Lipinski definition) is 3. The number of aromatic nitrogens is 1. The molecule has 5 nitrogen and oxygen atoms in total. The van der Waals surface area contributed by atoms with E-state index in [1.807, 2.05) is 0 Å². The highest BCUT2D eigenvalue weighted by Gasteiger charge is 2.34. The molecular formula is C16H15F3N2O3. The molecule has 1 aromatic heterocycles. The van der Waals surface area contributed by atoms with Crippen molar-refractivity contribution < 1.29 is 23.1 Å². The van der Waals surface area contributed by atoms with Crippen LogP contribution in [-0.4, -0.2) is 22.1 Å². The molecular weight excluding hydrogens is 325 g/mol. The molecule has 1 atom stereocenters. The van der Waals surface area contributed by atoms with Crippen molar-refractivity contribution in [2.24, 2.45) is 7.05 Å². The number of nitrogens with one attached hydrogen (secondary N) is 1. The zero-order chi connectivity index (χ0) is 17.9. The van der Waals surface area contributed by atoms with Crippen molar-refractivity contribution in [3.8, 4) is 0 Å². The molecule has 1 amide bonds. The van der Waals surface area contributed by atoms with Gasteiger partial charge in [-0.15, -0.1) is 0 Å². The van der Waals surface area contributed by atoms with Crippen LogP contribution in [0.15, 0.2) is 47.4 Å². The largest absolute Gasteiger partial charge is 0.416 e. The van der Waals surface area contributed by atoms with Crippen LogP contribution >= 0.6 is 0 Å². The number of halogens is 3. The Balaban J connectivity index is 2.11.